The van der Waals surface area contributed by atoms with Crippen LogP contribution in [0.15, 0.2) is 48.2 Å². The maximum absolute atomic E-state index is 12.8. The van der Waals surface area contributed by atoms with Crippen molar-refractivity contribution < 1.29 is 18.0 Å². The van der Waals surface area contributed by atoms with Gasteiger partial charge in [-0.1, -0.05) is 6.07 Å². The maximum atomic E-state index is 12.8. The van der Waals surface area contributed by atoms with Crippen LogP contribution in [0.3, 0.4) is 0 Å². The van der Waals surface area contributed by atoms with Gasteiger partial charge in [0.2, 0.25) is 0 Å². The lowest BCUT2D eigenvalue weighted by Gasteiger charge is -2.08. The van der Waals surface area contributed by atoms with Gasteiger partial charge >= 0.3 is 6.18 Å². The van der Waals surface area contributed by atoms with E-state index in [1.54, 1.807) is 41.4 Å². The summed E-state index contributed by atoms with van der Waals surface area (Å²) in [6, 6.07) is 9.40. The van der Waals surface area contributed by atoms with Crippen molar-refractivity contribution in [2.75, 3.05) is 5.32 Å². The second kappa shape index (κ2) is 7.85. The number of nitrogens with one attached hydrogen (secondary N) is 1. The highest BCUT2D eigenvalue weighted by molar-refractivity contribution is 7.12. The molecule has 0 aliphatic carbocycles. The molecule has 1 N–H and O–H groups in total. The first-order valence-electron chi connectivity index (χ1n) is 9.03. The van der Waals surface area contributed by atoms with E-state index in [4.69, 9.17) is 0 Å². The van der Waals surface area contributed by atoms with Crippen molar-refractivity contribution in [2.45, 2.75) is 19.6 Å². The Bertz CT molecular complexity index is 1320. The van der Waals surface area contributed by atoms with Gasteiger partial charge in [-0.2, -0.15) is 18.4 Å². The number of halogens is 3. The quantitative estimate of drug-likeness (QED) is 0.484. The molecule has 0 bridgehead atoms. The van der Waals surface area contributed by atoms with Crippen molar-refractivity contribution in [3.8, 4) is 6.07 Å². The third-order valence-electron chi connectivity index (χ3n) is 4.68. The number of benzene rings is 1. The van der Waals surface area contributed by atoms with Crippen LogP contribution in [0.2, 0.25) is 0 Å². The molecule has 1 amide bonds. The summed E-state index contributed by atoms with van der Waals surface area (Å²) in [4.78, 5) is 20.7. The molecule has 3 heterocycles. The van der Waals surface area contributed by atoms with Gasteiger partial charge in [-0.25, -0.2) is 4.98 Å². The first-order valence-corrected chi connectivity index (χ1v) is 9.91. The molecular weight excluding hydrogens is 427 g/mol. The van der Waals surface area contributed by atoms with Crippen LogP contribution in [0.25, 0.3) is 10.9 Å². The largest absolute Gasteiger partial charge is 0.433 e. The SMILES string of the molecule is Cc1ncsc1C(=O)Nc1cn(Cc2ccc(C(F)(F)F)nc2)c2ccc(C#N)cc12. The standard InChI is InChI=1S/C21H14F3N5OS/c1-12-19(31-11-27-12)20(30)28-16-10-29(17-4-2-13(7-25)6-15(16)17)9-14-3-5-18(26-8-14)21(22,23)24/h2-6,8,10-11H,9H2,1H3,(H,28,30). The zero-order valence-electron chi connectivity index (χ0n) is 16.1. The van der Waals surface area contributed by atoms with E-state index in [1.165, 1.54) is 23.6 Å². The minimum absolute atomic E-state index is 0.239. The normalized spacial score (nSPS) is 11.5. The average Bonchev–Trinajstić information content (AvgIpc) is 3.31. The van der Waals surface area contributed by atoms with E-state index in [0.29, 0.717) is 32.8 Å². The van der Waals surface area contributed by atoms with E-state index in [-0.39, 0.29) is 12.5 Å². The molecule has 0 saturated heterocycles. The van der Waals surface area contributed by atoms with Gasteiger partial charge in [-0.3, -0.25) is 9.78 Å². The Labute approximate surface area is 178 Å². The van der Waals surface area contributed by atoms with Gasteiger partial charge in [0.05, 0.1) is 34.0 Å². The first kappa shape index (κ1) is 20.6. The van der Waals surface area contributed by atoms with E-state index in [1.807, 2.05) is 0 Å². The molecule has 0 atom stereocenters. The number of anilines is 1. The highest BCUT2D eigenvalue weighted by atomic mass is 32.1. The fourth-order valence-electron chi connectivity index (χ4n) is 3.18. The smallest absolute Gasteiger partial charge is 0.341 e. The monoisotopic (exact) mass is 441 g/mol. The topological polar surface area (TPSA) is 83.6 Å². The molecular formula is C21H14F3N5OS. The molecule has 1 aromatic carbocycles. The molecule has 0 fully saturated rings. The number of nitrogens with zero attached hydrogens (tertiary/aromatic N) is 4. The van der Waals surface area contributed by atoms with Gasteiger partial charge in [0, 0.05) is 24.3 Å². The molecule has 10 heteroatoms. The Morgan fingerprint density at radius 3 is 2.68 bits per heavy atom. The predicted octanol–water partition coefficient (Wildman–Crippen LogP) is 4.99. The van der Waals surface area contributed by atoms with Crippen molar-refractivity contribution in [2.24, 2.45) is 0 Å². The highest BCUT2D eigenvalue weighted by Gasteiger charge is 2.32. The number of hydrogen-bond acceptors (Lipinski definition) is 5. The van der Waals surface area contributed by atoms with Gasteiger partial charge in [0.1, 0.15) is 10.6 Å². The van der Waals surface area contributed by atoms with Crippen molar-refractivity contribution in [3.63, 3.8) is 0 Å². The summed E-state index contributed by atoms with van der Waals surface area (Å²) in [7, 11) is 0. The van der Waals surface area contributed by atoms with Crippen molar-refractivity contribution in [1.29, 1.82) is 5.26 Å². The summed E-state index contributed by atoms with van der Waals surface area (Å²) < 4.78 is 40.1. The Hall–Kier alpha value is -3.71. The Balaban J connectivity index is 1.70. The van der Waals surface area contributed by atoms with Crippen molar-refractivity contribution in [3.05, 3.63) is 75.6 Å². The summed E-state index contributed by atoms with van der Waals surface area (Å²) >= 11 is 1.22. The molecule has 0 unspecified atom stereocenters. The lowest BCUT2D eigenvalue weighted by Crippen LogP contribution is -2.11. The molecule has 4 rings (SSSR count). The second-order valence-electron chi connectivity index (χ2n) is 6.78. The van der Waals surface area contributed by atoms with Crippen molar-refractivity contribution in [1.82, 2.24) is 14.5 Å². The molecule has 0 saturated carbocycles. The summed E-state index contributed by atoms with van der Waals surface area (Å²) in [5.41, 5.74) is 3.43. The summed E-state index contributed by atoms with van der Waals surface area (Å²) in [5, 5.41) is 12.7. The number of carbonyl (C=O) groups excluding carboxylic acids is 1. The molecule has 3 aromatic heterocycles. The lowest BCUT2D eigenvalue weighted by molar-refractivity contribution is -0.141. The molecule has 156 valence electrons. The molecule has 0 spiro atoms. The van der Waals surface area contributed by atoms with Crippen molar-refractivity contribution >= 4 is 33.8 Å². The Kier molecular flexibility index (Phi) is 5.20. The van der Waals surface area contributed by atoms with Crippen LogP contribution in [0.4, 0.5) is 18.9 Å². The van der Waals surface area contributed by atoms with E-state index in [9.17, 15) is 23.2 Å². The van der Waals surface area contributed by atoms with Crippen LogP contribution in [0, 0.1) is 18.3 Å². The number of amides is 1. The highest BCUT2D eigenvalue weighted by Crippen LogP contribution is 2.30. The first-order chi connectivity index (χ1) is 14.8. The van der Waals surface area contributed by atoms with Crippen LogP contribution in [0.1, 0.15) is 32.2 Å². The molecule has 6 nitrogen and oxygen atoms in total. The average molecular weight is 441 g/mol. The van der Waals surface area contributed by atoms with Gasteiger partial charge < -0.3 is 9.88 Å². The van der Waals surface area contributed by atoms with Crippen LogP contribution < -0.4 is 5.32 Å². The number of aromatic nitrogens is 3. The predicted molar refractivity (Wildman–Crippen MR) is 110 cm³/mol. The molecule has 0 radical (unpaired) electrons. The van der Waals surface area contributed by atoms with E-state index in [0.717, 1.165) is 11.6 Å². The van der Waals surface area contributed by atoms with Gasteiger partial charge in [0.15, 0.2) is 0 Å². The number of rotatable bonds is 4. The van der Waals surface area contributed by atoms with Crippen LogP contribution >= 0.6 is 11.3 Å². The number of alkyl halides is 3. The van der Waals surface area contributed by atoms with Gasteiger partial charge in [0.25, 0.3) is 5.91 Å². The summed E-state index contributed by atoms with van der Waals surface area (Å²) in [5.74, 6) is -0.322. The van der Waals surface area contributed by atoms with Gasteiger partial charge in [-0.15, -0.1) is 11.3 Å². The zero-order valence-corrected chi connectivity index (χ0v) is 16.9. The summed E-state index contributed by atoms with van der Waals surface area (Å²) in [6.07, 6.45) is -1.63. The third kappa shape index (κ3) is 4.13. The Morgan fingerprint density at radius 2 is 2.06 bits per heavy atom. The number of hydrogen-bond donors (Lipinski definition) is 1. The zero-order chi connectivity index (χ0) is 22.2. The maximum Gasteiger partial charge on any atom is 0.433 e. The number of nitriles is 1. The van der Waals surface area contributed by atoms with Gasteiger partial charge in [-0.05, 0) is 36.8 Å². The van der Waals surface area contributed by atoms with Crippen LogP contribution in [-0.4, -0.2) is 20.4 Å². The number of pyridine rings is 1. The minimum atomic E-state index is -4.50. The minimum Gasteiger partial charge on any atom is -0.341 e. The number of carbonyl (C=O) groups is 1. The summed E-state index contributed by atoms with van der Waals surface area (Å²) in [6.45, 7) is 1.98. The fraction of sp³-hybridized carbons (Fsp3) is 0.143. The second-order valence-corrected chi connectivity index (χ2v) is 7.64. The Morgan fingerprint density at radius 1 is 1.26 bits per heavy atom. The van der Waals surface area contributed by atoms with E-state index in [2.05, 4.69) is 21.4 Å². The van der Waals surface area contributed by atoms with E-state index < -0.39 is 11.9 Å². The molecule has 31 heavy (non-hydrogen) atoms. The molecule has 0 aliphatic heterocycles. The van der Waals surface area contributed by atoms with Crippen LogP contribution in [-0.2, 0) is 12.7 Å². The number of aryl methyl sites for hydroxylation is 1. The lowest BCUT2D eigenvalue weighted by atomic mass is 10.1. The number of fused-ring (bicyclic) bond motifs is 1. The van der Waals surface area contributed by atoms with E-state index >= 15 is 0 Å². The third-order valence-corrected chi connectivity index (χ3v) is 5.61. The number of thiazole rings is 1. The van der Waals surface area contributed by atoms with Crippen LogP contribution in [0.5, 0.6) is 0 Å². The fourth-order valence-corrected chi connectivity index (χ4v) is 3.88. The molecule has 4 aromatic rings. The molecule has 0 aliphatic rings.